The molecule has 1 aliphatic carbocycles. The molecule has 5 nitrogen and oxygen atoms in total. The Bertz CT molecular complexity index is 912. The average molecular weight is 338 g/mol. The third-order valence-corrected chi connectivity index (χ3v) is 4.09. The number of aryl methyl sites for hydroxylation is 2. The highest BCUT2D eigenvalue weighted by Gasteiger charge is 2.13. The lowest BCUT2D eigenvalue weighted by atomic mass is 10.1. The zero-order valence-corrected chi connectivity index (χ0v) is 14.0. The summed E-state index contributed by atoms with van der Waals surface area (Å²) in [6, 6.07) is 9.41. The Balaban J connectivity index is 1.67. The van der Waals surface area contributed by atoms with Gasteiger partial charge in [0.25, 0.3) is 5.95 Å². The van der Waals surface area contributed by atoms with Crippen molar-refractivity contribution in [1.82, 2.24) is 19.7 Å². The smallest absolute Gasteiger partial charge is 0.252 e. The summed E-state index contributed by atoms with van der Waals surface area (Å²) >= 11 is 5.92. The molecule has 3 aromatic rings. The number of benzene rings is 1. The molecule has 0 radical (unpaired) electrons. The van der Waals surface area contributed by atoms with Crippen LogP contribution in [0.1, 0.15) is 23.4 Å². The van der Waals surface area contributed by atoms with E-state index in [4.69, 9.17) is 11.6 Å². The molecule has 0 bridgehead atoms. The van der Waals surface area contributed by atoms with Crippen molar-refractivity contribution in [1.29, 1.82) is 0 Å². The van der Waals surface area contributed by atoms with E-state index in [1.165, 1.54) is 5.56 Å². The molecule has 0 saturated carbocycles. The molecule has 1 N–H and O–H groups in total. The first-order valence-electron chi connectivity index (χ1n) is 7.81. The zero-order chi connectivity index (χ0) is 16.5. The molecule has 0 fully saturated rings. The van der Waals surface area contributed by atoms with E-state index in [0.717, 1.165) is 35.7 Å². The first-order valence-corrected chi connectivity index (χ1v) is 8.19. The molecule has 0 aliphatic heterocycles. The van der Waals surface area contributed by atoms with Gasteiger partial charge < -0.3 is 5.32 Å². The van der Waals surface area contributed by atoms with Gasteiger partial charge in [0.15, 0.2) is 0 Å². The molecule has 2 heterocycles. The van der Waals surface area contributed by atoms with Gasteiger partial charge in [-0.05, 0) is 55.7 Å². The summed E-state index contributed by atoms with van der Waals surface area (Å²) in [6.07, 6.45) is 8.27. The van der Waals surface area contributed by atoms with Gasteiger partial charge in [0.1, 0.15) is 5.82 Å². The third kappa shape index (κ3) is 3.03. The fraction of sp³-hybridized carbons (Fsp3) is 0.167. The number of hydrogen-bond donors (Lipinski definition) is 1. The minimum Gasteiger partial charge on any atom is -0.340 e. The van der Waals surface area contributed by atoms with Crippen LogP contribution >= 0.6 is 11.6 Å². The molecule has 24 heavy (non-hydrogen) atoms. The van der Waals surface area contributed by atoms with Gasteiger partial charge in [-0.3, -0.25) is 0 Å². The Hall–Kier alpha value is -2.66. The van der Waals surface area contributed by atoms with Crippen LogP contribution in [0.2, 0.25) is 5.02 Å². The monoisotopic (exact) mass is 337 g/mol. The van der Waals surface area contributed by atoms with E-state index in [1.54, 1.807) is 4.68 Å². The van der Waals surface area contributed by atoms with Crippen LogP contribution in [0.25, 0.3) is 12.0 Å². The summed E-state index contributed by atoms with van der Waals surface area (Å²) in [5.41, 5.74) is 4.03. The standard InChI is InChI=1S/C18H16ClN5/c1-12-10-17(21-15-8-6-14(19)7-9-15)22-18(20-12)24-11-13-4-2-3-5-16(13)23-24/h3,5-11H,2,4H2,1H3,(H,20,21,22). The number of fused-ring (bicyclic) bond motifs is 1. The Labute approximate surface area is 145 Å². The number of nitrogens with one attached hydrogen (secondary N) is 1. The molecule has 2 aromatic heterocycles. The first-order chi connectivity index (χ1) is 11.7. The SMILES string of the molecule is Cc1cc(Nc2ccc(Cl)cc2)nc(-n2cc3c(n2)C=CCC3)n1. The minimum absolute atomic E-state index is 0.564. The van der Waals surface area contributed by atoms with Crippen molar-refractivity contribution in [2.45, 2.75) is 19.8 Å². The van der Waals surface area contributed by atoms with Gasteiger partial charge in [-0.2, -0.15) is 10.1 Å². The van der Waals surface area contributed by atoms with Gasteiger partial charge in [-0.25, -0.2) is 9.67 Å². The van der Waals surface area contributed by atoms with Gasteiger partial charge in [-0.15, -0.1) is 0 Å². The molecule has 0 spiro atoms. The molecule has 1 aromatic carbocycles. The molecular weight excluding hydrogens is 322 g/mol. The Morgan fingerprint density at radius 3 is 2.79 bits per heavy atom. The summed E-state index contributed by atoms with van der Waals surface area (Å²) in [5.74, 6) is 1.29. The van der Waals surface area contributed by atoms with Crippen molar-refractivity contribution in [3.05, 3.63) is 64.6 Å². The molecule has 0 saturated heterocycles. The molecule has 0 amide bonds. The Kier molecular flexibility index (Phi) is 3.78. The summed E-state index contributed by atoms with van der Waals surface area (Å²) in [7, 11) is 0. The third-order valence-electron chi connectivity index (χ3n) is 3.84. The van der Waals surface area contributed by atoms with E-state index in [0.29, 0.717) is 11.0 Å². The lowest BCUT2D eigenvalue weighted by molar-refractivity contribution is 0.800. The van der Waals surface area contributed by atoms with Crippen molar-refractivity contribution in [2.75, 3.05) is 5.32 Å². The molecule has 120 valence electrons. The van der Waals surface area contributed by atoms with Crippen LogP contribution in [0.4, 0.5) is 11.5 Å². The van der Waals surface area contributed by atoms with Gasteiger partial charge in [-0.1, -0.05) is 17.7 Å². The van der Waals surface area contributed by atoms with E-state index in [9.17, 15) is 0 Å². The van der Waals surface area contributed by atoms with E-state index < -0.39 is 0 Å². The van der Waals surface area contributed by atoms with Crippen molar-refractivity contribution in [3.63, 3.8) is 0 Å². The number of nitrogens with zero attached hydrogens (tertiary/aromatic N) is 4. The first kappa shape index (κ1) is 14.9. The largest absolute Gasteiger partial charge is 0.340 e. The highest BCUT2D eigenvalue weighted by Crippen LogP contribution is 2.21. The second-order valence-electron chi connectivity index (χ2n) is 5.75. The maximum Gasteiger partial charge on any atom is 0.252 e. The molecule has 1 aliphatic rings. The molecule has 6 heteroatoms. The van der Waals surface area contributed by atoms with Gasteiger partial charge in [0.2, 0.25) is 0 Å². The lowest BCUT2D eigenvalue weighted by Crippen LogP contribution is -2.06. The summed E-state index contributed by atoms with van der Waals surface area (Å²) < 4.78 is 1.75. The van der Waals surface area contributed by atoms with Crippen molar-refractivity contribution in [3.8, 4) is 5.95 Å². The predicted molar refractivity (Wildman–Crippen MR) is 96.0 cm³/mol. The van der Waals surface area contributed by atoms with Crippen LogP contribution in [0.3, 0.4) is 0 Å². The quantitative estimate of drug-likeness (QED) is 0.773. The second kappa shape index (κ2) is 6.09. The van der Waals surface area contributed by atoms with Crippen LogP contribution < -0.4 is 5.32 Å². The maximum absolute atomic E-state index is 5.92. The molecule has 4 rings (SSSR count). The van der Waals surface area contributed by atoms with E-state index in [-0.39, 0.29) is 0 Å². The number of hydrogen-bond acceptors (Lipinski definition) is 4. The summed E-state index contributed by atoms with van der Waals surface area (Å²) in [4.78, 5) is 9.09. The lowest BCUT2D eigenvalue weighted by Gasteiger charge is -2.08. The Morgan fingerprint density at radius 2 is 2.00 bits per heavy atom. The van der Waals surface area contributed by atoms with Crippen molar-refractivity contribution < 1.29 is 0 Å². The summed E-state index contributed by atoms with van der Waals surface area (Å²) in [5, 5.41) is 8.56. The molecule has 0 atom stereocenters. The molecular formula is C18H16ClN5. The number of anilines is 2. The average Bonchev–Trinajstić information content (AvgIpc) is 3.01. The summed E-state index contributed by atoms with van der Waals surface area (Å²) in [6.45, 7) is 1.95. The number of aromatic nitrogens is 4. The molecule has 0 unspecified atom stereocenters. The van der Waals surface area contributed by atoms with Crippen molar-refractivity contribution >= 4 is 29.2 Å². The van der Waals surface area contributed by atoms with Gasteiger partial charge >= 0.3 is 0 Å². The Morgan fingerprint density at radius 1 is 1.17 bits per heavy atom. The normalized spacial score (nSPS) is 12.9. The maximum atomic E-state index is 5.92. The number of allylic oxidation sites excluding steroid dienone is 1. The minimum atomic E-state index is 0.564. The van der Waals surface area contributed by atoms with Crippen LogP contribution in [0, 0.1) is 6.92 Å². The van der Waals surface area contributed by atoms with Crippen LogP contribution in [0.15, 0.2) is 42.6 Å². The van der Waals surface area contributed by atoms with Crippen LogP contribution in [-0.4, -0.2) is 19.7 Å². The van der Waals surface area contributed by atoms with Crippen LogP contribution in [-0.2, 0) is 6.42 Å². The highest BCUT2D eigenvalue weighted by molar-refractivity contribution is 6.30. The number of rotatable bonds is 3. The van der Waals surface area contributed by atoms with Crippen molar-refractivity contribution in [2.24, 2.45) is 0 Å². The predicted octanol–water partition coefficient (Wildman–Crippen LogP) is 4.33. The second-order valence-corrected chi connectivity index (χ2v) is 6.19. The van der Waals surface area contributed by atoms with E-state index in [1.807, 2.05) is 43.5 Å². The highest BCUT2D eigenvalue weighted by atomic mass is 35.5. The number of halogens is 1. The van der Waals surface area contributed by atoms with Gasteiger partial charge in [0.05, 0.1) is 5.69 Å². The zero-order valence-electron chi connectivity index (χ0n) is 13.2. The van der Waals surface area contributed by atoms with E-state index in [2.05, 4.69) is 32.5 Å². The topological polar surface area (TPSA) is 55.6 Å². The van der Waals surface area contributed by atoms with Crippen LogP contribution in [0.5, 0.6) is 0 Å². The fourth-order valence-electron chi connectivity index (χ4n) is 2.69. The fourth-order valence-corrected chi connectivity index (χ4v) is 2.82. The van der Waals surface area contributed by atoms with E-state index >= 15 is 0 Å². The van der Waals surface area contributed by atoms with Gasteiger partial charge in [0, 0.05) is 28.7 Å².